The highest BCUT2D eigenvalue weighted by Crippen LogP contribution is 2.24. The van der Waals surface area contributed by atoms with Crippen LogP contribution < -0.4 is 5.73 Å². The largest absolute Gasteiger partial charge is 0.324 e. The Labute approximate surface area is 125 Å². The molecule has 0 aliphatic heterocycles. The molecule has 1 atom stereocenters. The molecule has 0 radical (unpaired) electrons. The van der Waals surface area contributed by atoms with Gasteiger partial charge in [0.2, 0.25) is 0 Å². The summed E-state index contributed by atoms with van der Waals surface area (Å²) in [5.41, 5.74) is 9.54. The van der Waals surface area contributed by atoms with Gasteiger partial charge in [0.05, 0.1) is 11.2 Å². The van der Waals surface area contributed by atoms with Gasteiger partial charge in [-0.2, -0.15) is 0 Å². The minimum Gasteiger partial charge on any atom is -0.324 e. The lowest BCUT2D eigenvalue weighted by molar-refractivity contribution is 0.716. The first-order valence-corrected chi connectivity index (χ1v) is 7.69. The summed E-state index contributed by atoms with van der Waals surface area (Å²) < 4.78 is 2.04. The normalized spacial score (nSPS) is 13.0. The maximum Gasteiger partial charge on any atom is 0.193 e. The van der Waals surface area contributed by atoms with E-state index in [-0.39, 0.29) is 6.04 Å². The zero-order valence-corrected chi connectivity index (χ0v) is 12.1. The number of nitrogens with zero attached hydrogens (tertiary/aromatic N) is 3. The molecule has 3 heterocycles. The van der Waals surface area contributed by atoms with Crippen LogP contribution in [0.1, 0.15) is 17.3 Å². The lowest BCUT2D eigenvalue weighted by Crippen LogP contribution is -2.14. The number of benzene rings is 1. The van der Waals surface area contributed by atoms with Crippen molar-refractivity contribution < 1.29 is 0 Å². The van der Waals surface area contributed by atoms with Gasteiger partial charge in [-0.15, -0.1) is 11.3 Å². The predicted molar refractivity (Wildman–Crippen MR) is 85.4 cm³/mol. The first kappa shape index (κ1) is 12.5. The van der Waals surface area contributed by atoms with Crippen molar-refractivity contribution in [1.82, 2.24) is 14.4 Å². The zero-order valence-electron chi connectivity index (χ0n) is 11.3. The second kappa shape index (κ2) is 4.95. The lowest BCUT2D eigenvalue weighted by atomic mass is 9.98. The van der Waals surface area contributed by atoms with E-state index in [0.717, 1.165) is 33.5 Å². The highest BCUT2D eigenvalue weighted by molar-refractivity contribution is 7.15. The Kier molecular flexibility index (Phi) is 2.94. The second-order valence-corrected chi connectivity index (χ2v) is 5.93. The Morgan fingerprint density at radius 1 is 1.24 bits per heavy atom. The van der Waals surface area contributed by atoms with Gasteiger partial charge in [-0.1, -0.05) is 18.2 Å². The van der Waals surface area contributed by atoms with Crippen LogP contribution in [0, 0.1) is 0 Å². The number of hydrogen-bond acceptors (Lipinski definition) is 4. The standard InChI is InChI=1S/C16H14N4S/c17-14(9-11-10-20-7-8-21-16(20)19-11)12-3-1-5-15-13(12)4-2-6-18-15/h1-8,10,14H,9,17H2. The van der Waals surface area contributed by atoms with Crippen molar-refractivity contribution in [2.75, 3.05) is 0 Å². The first-order valence-electron chi connectivity index (χ1n) is 6.81. The third-order valence-corrected chi connectivity index (χ3v) is 4.42. The highest BCUT2D eigenvalue weighted by Gasteiger charge is 2.13. The fourth-order valence-electron chi connectivity index (χ4n) is 2.66. The van der Waals surface area contributed by atoms with Crippen molar-refractivity contribution in [2.24, 2.45) is 5.73 Å². The average molecular weight is 294 g/mol. The SMILES string of the molecule is NC(Cc1cn2ccsc2n1)c1cccc2ncccc12. The third-order valence-electron chi connectivity index (χ3n) is 3.65. The molecule has 5 heteroatoms. The van der Waals surface area contributed by atoms with E-state index in [1.165, 1.54) is 0 Å². The molecule has 0 fully saturated rings. The van der Waals surface area contributed by atoms with Gasteiger partial charge in [-0.3, -0.25) is 9.38 Å². The van der Waals surface area contributed by atoms with Gasteiger partial charge >= 0.3 is 0 Å². The Balaban J connectivity index is 1.69. The van der Waals surface area contributed by atoms with Crippen LogP contribution >= 0.6 is 11.3 Å². The topological polar surface area (TPSA) is 56.2 Å². The fourth-order valence-corrected chi connectivity index (χ4v) is 3.38. The minimum absolute atomic E-state index is 0.0810. The summed E-state index contributed by atoms with van der Waals surface area (Å²) in [6.45, 7) is 0. The van der Waals surface area contributed by atoms with E-state index in [4.69, 9.17) is 5.73 Å². The van der Waals surface area contributed by atoms with Crippen molar-refractivity contribution in [3.05, 3.63) is 65.6 Å². The summed E-state index contributed by atoms with van der Waals surface area (Å²) >= 11 is 1.63. The quantitative estimate of drug-likeness (QED) is 0.631. The van der Waals surface area contributed by atoms with E-state index in [0.29, 0.717) is 0 Å². The summed E-state index contributed by atoms with van der Waals surface area (Å²) in [5.74, 6) is 0. The molecule has 4 nitrogen and oxygen atoms in total. The molecule has 3 aromatic heterocycles. The molecule has 1 aromatic carbocycles. The van der Waals surface area contributed by atoms with Crippen LogP contribution in [-0.4, -0.2) is 14.4 Å². The van der Waals surface area contributed by atoms with E-state index < -0.39 is 0 Å². The summed E-state index contributed by atoms with van der Waals surface area (Å²) in [7, 11) is 0. The second-order valence-electron chi connectivity index (χ2n) is 5.05. The molecule has 21 heavy (non-hydrogen) atoms. The van der Waals surface area contributed by atoms with Gasteiger partial charge in [0.1, 0.15) is 0 Å². The molecule has 0 aliphatic rings. The summed E-state index contributed by atoms with van der Waals surface area (Å²) in [4.78, 5) is 10.00. The minimum atomic E-state index is -0.0810. The molecule has 0 amide bonds. The van der Waals surface area contributed by atoms with Crippen LogP contribution in [0.15, 0.2) is 54.3 Å². The Bertz CT molecular complexity index is 875. The fraction of sp³-hybridized carbons (Fsp3) is 0.125. The number of imidazole rings is 1. The molecule has 0 saturated carbocycles. The zero-order chi connectivity index (χ0) is 14.2. The number of rotatable bonds is 3. The van der Waals surface area contributed by atoms with E-state index in [9.17, 15) is 0 Å². The van der Waals surface area contributed by atoms with Crippen molar-refractivity contribution >= 4 is 27.2 Å². The molecule has 2 N–H and O–H groups in total. The van der Waals surface area contributed by atoms with Gasteiger partial charge in [0.25, 0.3) is 0 Å². The number of aromatic nitrogens is 3. The van der Waals surface area contributed by atoms with E-state index in [1.807, 2.05) is 34.2 Å². The van der Waals surface area contributed by atoms with E-state index in [2.05, 4.69) is 28.3 Å². The molecule has 104 valence electrons. The third kappa shape index (κ3) is 2.20. The van der Waals surface area contributed by atoms with Crippen LogP contribution in [-0.2, 0) is 6.42 Å². The average Bonchev–Trinajstić information content (AvgIpc) is 3.07. The van der Waals surface area contributed by atoms with Crippen LogP contribution in [0.25, 0.3) is 15.9 Å². The van der Waals surface area contributed by atoms with Crippen LogP contribution in [0.5, 0.6) is 0 Å². The van der Waals surface area contributed by atoms with E-state index >= 15 is 0 Å². The Morgan fingerprint density at radius 2 is 2.19 bits per heavy atom. The number of fused-ring (bicyclic) bond motifs is 2. The number of pyridine rings is 1. The van der Waals surface area contributed by atoms with Gasteiger partial charge in [-0.05, 0) is 17.7 Å². The number of hydrogen-bond donors (Lipinski definition) is 1. The molecule has 4 rings (SSSR count). The van der Waals surface area contributed by atoms with Gasteiger partial charge in [0.15, 0.2) is 4.96 Å². The molecule has 0 aliphatic carbocycles. The molecule has 0 saturated heterocycles. The smallest absolute Gasteiger partial charge is 0.193 e. The summed E-state index contributed by atoms with van der Waals surface area (Å²) in [6, 6.07) is 10.0. The van der Waals surface area contributed by atoms with Gasteiger partial charge in [0, 0.05) is 41.8 Å². The van der Waals surface area contributed by atoms with Crippen LogP contribution in [0.2, 0.25) is 0 Å². The van der Waals surface area contributed by atoms with Crippen molar-refractivity contribution in [2.45, 2.75) is 12.5 Å². The summed E-state index contributed by atoms with van der Waals surface area (Å²) in [6.07, 6.45) is 6.60. The van der Waals surface area contributed by atoms with Gasteiger partial charge < -0.3 is 5.73 Å². The number of nitrogens with two attached hydrogens (primary N) is 1. The lowest BCUT2D eigenvalue weighted by Gasteiger charge is -2.13. The maximum absolute atomic E-state index is 6.41. The van der Waals surface area contributed by atoms with Crippen molar-refractivity contribution in [3.63, 3.8) is 0 Å². The highest BCUT2D eigenvalue weighted by atomic mass is 32.1. The monoisotopic (exact) mass is 294 g/mol. The van der Waals surface area contributed by atoms with Crippen molar-refractivity contribution in [3.8, 4) is 0 Å². The molecule has 0 spiro atoms. The molecule has 0 bridgehead atoms. The maximum atomic E-state index is 6.41. The molecule has 4 aromatic rings. The van der Waals surface area contributed by atoms with Crippen LogP contribution in [0.4, 0.5) is 0 Å². The first-order chi connectivity index (χ1) is 10.3. The molecule has 1 unspecified atom stereocenters. The summed E-state index contributed by atoms with van der Waals surface area (Å²) in [5, 5.41) is 3.15. The van der Waals surface area contributed by atoms with Crippen LogP contribution in [0.3, 0.4) is 0 Å². The predicted octanol–water partition coefficient (Wildman–Crippen LogP) is 3.19. The molecular weight excluding hydrogens is 280 g/mol. The van der Waals surface area contributed by atoms with Gasteiger partial charge in [-0.25, -0.2) is 4.98 Å². The van der Waals surface area contributed by atoms with E-state index in [1.54, 1.807) is 17.5 Å². The Hall–Kier alpha value is -2.24. The van der Waals surface area contributed by atoms with Crippen molar-refractivity contribution in [1.29, 1.82) is 0 Å². The number of thiazole rings is 1. The Morgan fingerprint density at radius 3 is 3.10 bits per heavy atom. The molecular formula is C16H14N4S.